The molecule has 27 heavy (non-hydrogen) atoms. The summed E-state index contributed by atoms with van der Waals surface area (Å²) >= 11 is 1.51. The summed E-state index contributed by atoms with van der Waals surface area (Å²) in [6, 6.07) is 5.83. The molecule has 3 fully saturated rings. The van der Waals surface area contributed by atoms with E-state index >= 15 is 0 Å². The zero-order valence-electron chi connectivity index (χ0n) is 14.7. The first-order chi connectivity index (χ1) is 13.0. The highest BCUT2D eigenvalue weighted by Gasteiger charge is 2.45. The normalized spacial score (nSPS) is 21.7. The van der Waals surface area contributed by atoms with Gasteiger partial charge in [0.05, 0.1) is 6.54 Å². The number of thioether (sulfide) groups is 1. The van der Waals surface area contributed by atoms with Crippen LogP contribution in [0.5, 0.6) is 0 Å². The molecule has 5 rings (SSSR count). The predicted octanol–water partition coefficient (Wildman–Crippen LogP) is 2.38. The Kier molecular flexibility index (Phi) is 4.96. The predicted molar refractivity (Wildman–Crippen MR) is 99.9 cm³/mol. The molecule has 1 N–H and O–H groups in total. The third-order valence-corrected chi connectivity index (χ3v) is 5.56. The van der Waals surface area contributed by atoms with Crippen LogP contribution in [0.2, 0.25) is 0 Å². The topological polar surface area (TPSA) is 61.4 Å². The van der Waals surface area contributed by atoms with Crippen molar-refractivity contribution < 1.29 is 13.6 Å². The number of hydrogen-bond donors (Lipinski definition) is 1. The highest BCUT2D eigenvalue weighted by atomic mass is 32.2. The van der Waals surface area contributed by atoms with E-state index in [1.165, 1.54) is 17.8 Å². The minimum absolute atomic E-state index is 0.226. The van der Waals surface area contributed by atoms with Crippen molar-refractivity contribution in [1.82, 2.24) is 14.9 Å². The zero-order chi connectivity index (χ0) is 19.0. The molecule has 0 aliphatic carbocycles. The van der Waals surface area contributed by atoms with Gasteiger partial charge in [0, 0.05) is 43.1 Å². The summed E-state index contributed by atoms with van der Waals surface area (Å²) < 4.78 is 26.2. The maximum Gasteiger partial charge on any atom is 0.238 e. The molecule has 0 spiro atoms. The second-order valence-electron chi connectivity index (χ2n) is 6.70. The molecule has 4 heterocycles. The number of carbonyl (C=O) groups is 1. The standard InChI is InChI=1S/C18H19F2N5OS/c1-27-18-21-5-4-16(23-18)24-8-12-7-13(9-24)25(12)10-17(26)22-11-2-3-14(19)15(20)6-11/h2-6,12-13H,7-10H2,1H3,(H,22,26). The molecule has 2 unspecified atom stereocenters. The molecule has 1 aromatic heterocycles. The molecule has 6 nitrogen and oxygen atoms in total. The smallest absolute Gasteiger partial charge is 0.238 e. The van der Waals surface area contributed by atoms with Crippen LogP contribution >= 0.6 is 11.8 Å². The molecule has 3 saturated heterocycles. The summed E-state index contributed by atoms with van der Waals surface area (Å²) in [5.74, 6) is -1.22. The van der Waals surface area contributed by atoms with E-state index in [9.17, 15) is 13.6 Å². The third kappa shape index (κ3) is 3.74. The molecule has 142 valence electrons. The highest BCUT2D eigenvalue weighted by Crippen LogP contribution is 2.34. The number of rotatable bonds is 5. The first kappa shape index (κ1) is 18.1. The summed E-state index contributed by atoms with van der Waals surface area (Å²) in [4.78, 5) is 25.4. The van der Waals surface area contributed by atoms with Crippen molar-refractivity contribution in [2.75, 3.05) is 36.1 Å². The van der Waals surface area contributed by atoms with Crippen LogP contribution in [0.25, 0.3) is 0 Å². The van der Waals surface area contributed by atoms with Crippen LogP contribution in [0.4, 0.5) is 20.3 Å². The van der Waals surface area contributed by atoms with E-state index in [1.54, 1.807) is 6.20 Å². The number of piperidine rings is 1. The van der Waals surface area contributed by atoms with E-state index < -0.39 is 11.6 Å². The SMILES string of the molecule is CSc1nccc(N2CC3CC(C2)N3CC(=O)Nc2ccc(F)c(F)c2)n1. The van der Waals surface area contributed by atoms with Gasteiger partial charge in [0.1, 0.15) is 5.82 Å². The highest BCUT2D eigenvalue weighted by molar-refractivity contribution is 7.98. The van der Waals surface area contributed by atoms with Crippen LogP contribution in [0, 0.1) is 11.6 Å². The molecule has 0 saturated carbocycles. The number of fused-ring (bicyclic) bond motifs is 2. The van der Waals surface area contributed by atoms with Gasteiger partial charge in [-0.2, -0.15) is 0 Å². The lowest BCUT2D eigenvalue weighted by molar-refractivity contribution is -0.121. The van der Waals surface area contributed by atoms with Gasteiger partial charge in [-0.15, -0.1) is 0 Å². The summed E-state index contributed by atoms with van der Waals surface area (Å²) in [6.07, 6.45) is 4.76. The van der Waals surface area contributed by atoms with Crippen LogP contribution in [-0.4, -0.2) is 58.7 Å². The Hall–Kier alpha value is -2.26. The van der Waals surface area contributed by atoms with Crippen molar-refractivity contribution in [1.29, 1.82) is 0 Å². The molecular formula is C18H19F2N5OS. The van der Waals surface area contributed by atoms with Crippen molar-refractivity contribution in [3.63, 3.8) is 0 Å². The van der Waals surface area contributed by atoms with Gasteiger partial charge >= 0.3 is 0 Å². The van der Waals surface area contributed by atoms with E-state index in [4.69, 9.17) is 0 Å². The number of hydrogen-bond acceptors (Lipinski definition) is 6. The van der Waals surface area contributed by atoms with Crippen molar-refractivity contribution in [3.05, 3.63) is 42.1 Å². The Morgan fingerprint density at radius 2 is 2.04 bits per heavy atom. The van der Waals surface area contributed by atoms with Crippen LogP contribution in [-0.2, 0) is 4.79 Å². The summed E-state index contributed by atoms with van der Waals surface area (Å²) in [6.45, 7) is 1.85. The van der Waals surface area contributed by atoms with E-state index in [1.807, 2.05) is 12.3 Å². The zero-order valence-corrected chi connectivity index (χ0v) is 15.5. The molecule has 1 amide bonds. The molecule has 9 heteroatoms. The van der Waals surface area contributed by atoms with Gasteiger partial charge in [0.2, 0.25) is 5.91 Å². The maximum absolute atomic E-state index is 13.3. The Balaban J connectivity index is 1.34. The van der Waals surface area contributed by atoms with Crippen molar-refractivity contribution in [3.8, 4) is 0 Å². The van der Waals surface area contributed by atoms with Crippen LogP contribution in [0.15, 0.2) is 35.6 Å². The van der Waals surface area contributed by atoms with Crippen molar-refractivity contribution in [2.24, 2.45) is 0 Å². The summed E-state index contributed by atoms with van der Waals surface area (Å²) in [5, 5.41) is 3.38. The Morgan fingerprint density at radius 1 is 1.26 bits per heavy atom. The third-order valence-electron chi connectivity index (χ3n) is 5.00. The molecule has 1 aromatic carbocycles. The number of amides is 1. The lowest BCUT2D eigenvalue weighted by Gasteiger charge is -2.56. The molecule has 3 aliphatic rings. The second-order valence-corrected chi connectivity index (χ2v) is 7.47. The average molecular weight is 391 g/mol. The first-order valence-electron chi connectivity index (χ1n) is 8.66. The number of carbonyl (C=O) groups excluding carboxylic acids is 1. The fraction of sp³-hybridized carbons (Fsp3) is 0.389. The summed E-state index contributed by atoms with van der Waals surface area (Å²) in [5.41, 5.74) is 0.261. The quantitative estimate of drug-likeness (QED) is 0.624. The fourth-order valence-corrected chi connectivity index (χ4v) is 4.03. The minimum atomic E-state index is -0.973. The second kappa shape index (κ2) is 7.40. The van der Waals surface area contributed by atoms with E-state index in [-0.39, 0.29) is 30.2 Å². The number of nitrogens with zero attached hydrogens (tertiary/aromatic N) is 4. The monoisotopic (exact) mass is 391 g/mol. The van der Waals surface area contributed by atoms with Crippen LogP contribution < -0.4 is 10.2 Å². The molecule has 0 radical (unpaired) electrons. The average Bonchev–Trinajstić information content (AvgIpc) is 2.69. The van der Waals surface area contributed by atoms with Crippen LogP contribution in [0.3, 0.4) is 0 Å². The van der Waals surface area contributed by atoms with Gasteiger partial charge in [-0.05, 0) is 30.9 Å². The number of aromatic nitrogens is 2. The van der Waals surface area contributed by atoms with Gasteiger partial charge < -0.3 is 10.2 Å². The van der Waals surface area contributed by atoms with E-state index in [0.717, 1.165) is 42.6 Å². The number of nitrogens with one attached hydrogen (secondary N) is 1. The van der Waals surface area contributed by atoms with Crippen LogP contribution in [0.1, 0.15) is 6.42 Å². The number of anilines is 2. The van der Waals surface area contributed by atoms with Gasteiger partial charge in [-0.1, -0.05) is 11.8 Å². The lowest BCUT2D eigenvalue weighted by Crippen LogP contribution is -2.69. The largest absolute Gasteiger partial charge is 0.353 e. The van der Waals surface area contributed by atoms with E-state index in [0.29, 0.717) is 0 Å². The van der Waals surface area contributed by atoms with Crippen molar-refractivity contribution >= 4 is 29.2 Å². The fourth-order valence-electron chi connectivity index (χ4n) is 3.68. The molecular weight excluding hydrogens is 372 g/mol. The Labute approximate surface area is 160 Å². The molecule has 2 bridgehead atoms. The maximum atomic E-state index is 13.3. The number of piperazine rings is 1. The van der Waals surface area contributed by atoms with Gasteiger partial charge in [-0.3, -0.25) is 9.69 Å². The molecule has 3 aliphatic heterocycles. The molecule has 2 aromatic rings. The lowest BCUT2D eigenvalue weighted by atomic mass is 9.87. The summed E-state index contributed by atoms with van der Waals surface area (Å²) in [7, 11) is 0. The number of halogens is 2. The first-order valence-corrected chi connectivity index (χ1v) is 9.88. The Bertz CT molecular complexity index is 855. The van der Waals surface area contributed by atoms with E-state index in [2.05, 4.69) is 25.1 Å². The molecule has 2 atom stereocenters. The minimum Gasteiger partial charge on any atom is -0.353 e. The van der Waals surface area contributed by atoms with Gasteiger partial charge in [-0.25, -0.2) is 18.7 Å². The Morgan fingerprint density at radius 3 is 2.74 bits per heavy atom. The van der Waals surface area contributed by atoms with Gasteiger partial charge in [0.25, 0.3) is 0 Å². The van der Waals surface area contributed by atoms with Crippen molar-refractivity contribution in [2.45, 2.75) is 23.7 Å². The number of benzene rings is 1. The van der Waals surface area contributed by atoms with Gasteiger partial charge in [0.15, 0.2) is 16.8 Å².